The van der Waals surface area contributed by atoms with Crippen molar-refractivity contribution in [1.82, 2.24) is 9.97 Å². The highest BCUT2D eigenvalue weighted by molar-refractivity contribution is 7.03. The van der Waals surface area contributed by atoms with Gasteiger partial charge in [0.05, 0.1) is 22.4 Å². The number of para-hydroxylation sites is 2. The zero-order valence-corrected chi connectivity index (χ0v) is 27.7. The second kappa shape index (κ2) is 10.1. The van der Waals surface area contributed by atoms with Gasteiger partial charge in [-0.05, 0) is 45.3 Å². The molecule has 0 N–H and O–H groups in total. The van der Waals surface area contributed by atoms with Crippen molar-refractivity contribution in [2.45, 2.75) is 13.1 Å². The number of pyridine rings is 2. The molecule has 6 aromatic carbocycles. The molecule has 0 amide bonds. The van der Waals surface area contributed by atoms with Gasteiger partial charge in [-0.15, -0.1) is 0 Å². The largest absolute Gasteiger partial charge is 0.455 e. The summed E-state index contributed by atoms with van der Waals surface area (Å²) in [6, 6.07) is 52.0. The van der Waals surface area contributed by atoms with Gasteiger partial charge in [0.2, 0.25) is 0 Å². The lowest BCUT2D eigenvalue weighted by Gasteiger charge is -2.19. The molecule has 0 saturated heterocycles. The highest BCUT2D eigenvalue weighted by Crippen LogP contribution is 2.37. The van der Waals surface area contributed by atoms with Crippen LogP contribution in [0.3, 0.4) is 0 Å². The predicted molar refractivity (Wildman–Crippen MR) is 203 cm³/mol. The molecule has 9 aromatic rings. The molecular formula is C44H30N2OSi. The average molecular weight is 631 g/mol. The van der Waals surface area contributed by atoms with E-state index in [1.807, 2.05) is 12.1 Å². The summed E-state index contributed by atoms with van der Waals surface area (Å²) in [5, 5.41) is 7.46. The Morgan fingerprint density at radius 3 is 1.83 bits per heavy atom. The number of nitrogens with zero attached hydrogens (tertiary/aromatic N) is 2. The summed E-state index contributed by atoms with van der Waals surface area (Å²) in [6.07, 6.45) is 0. The number of furan rings is 1. The van der Waals surface area contributed by atoms with Gasteiger partial charge in [0, 0.05) is 38.2 Å². The van der Waals surface area contributed by atoms with Gasteiger partial charge in [-0.2, -0.15) is 0 Å². The molecule has 0 unspecified atom stereocenters. The van der Waals surface area contributed by atoms with E-state index in [0.717, 1.165) is 77.4 Å². The Hall–Kier alpha value is -5.84. The third-order valence-electron chi connectivity index (χ3n) is 10.3. The van der Waals surface area contributed by atoms with Crippen LogP contribution in [0.15, 0.2) is 150 Å². The molecule has 0 atom stereocenters. The SMILES string of the molecule is C[Si]1(C)c2ccccc2-c2ccc(-c3ccc4ccc5ccc(-c6ccc(-c7cccc8c7oc7ccccc78)cc6)nc5c4n3)cc21. The monoisotopic (exact) mass is 630 g/mol. The Kier molecular flexibility index (Phi) is 5.73. The molecule has 0 aliphatic carbocycles. The van der Waals surface area contributed by atoms with Gasteiger partial charge in [0.1, 0.15) is 19.2 Å². The van der Waals surface area contributed by atoms with Crippen molar-refractivity contribution < 1.29 is 4.42 Å². The minimum Gasteiger partial charge on any atom is -0.455 e. The number of fused-ring (bicyclic) bond motifs is 9. The Balaban J connectivity index is 1.04. The van der Waals surface area contributed by atoms with Crippen LogP contribution in [0.2, 0.25) is 13.1 Å². The van der Waals surface area contributed by atoms with Crippen LogP contribution >= 0.6 is 0 Å². The Morgan fingerprint density at radius 1 is 0.458 bits per heavy atom. The van der Waals surface area contributed by atoms with Gasteiger partial charge in [0.15, 0.2) is 0 Å². The summed E-state index contributed by atoms with van der Waals surface area (Å²) in [7, 11) is -1.78. The van der Waals surface area contributed by atoms with E-state index in [4.69, 9.17) is 14.4 Å². The summed E-state index contributed by atoms with van der Waals surface area (Å²) in [4.78, 5) is 10.5. The smallest absolute Gasteiger partial charge is 0.143 e. The average Bonchev–Trinajstić information content (AvgIpc) is 3.63. The molecule has 1 aliphatic heterocycles. The molecule has 226 valence electrons. The molecule has 4 heterocycles. The van der Waals surface area contributed by atoms with Crippen molar-refractivity contribution in [1.29, 1.82) is 0 Å². The number of aromatic nitrogens is 2. The van der Waals surface area contributed by atoms with Crippen LogP contribution in [0, 0.1) is 0 Å². The van der Waals surface area contributed by atoms with Crippen LogP contribution in [0.5, 0.6) is 0 Å². The molecule has 10 rings (SSSR count). The third-order valence-corrected chi connectivity index (χ3v) is 13.8. The van der Waals surface area contributed by atoms with Crippen molar-refractivity contribution >= 4 is 62.2 Å². The standard InChI is InChI=1S/C44H30N2OSi/c1-48(2)40-13-6-4-9-34(40)35-23-20-31(26-41(35)48)38-25-22-30-19-18-29-21-24-37(45-42(29)43(30)46-38)28-16-14-27(15-17-28)32-10-7-11-36-33-8-3-5-12-39(33)47-44(32)36/h3-26H,1-2H3. The Labute approximate surface area is 279 Å². The molecule has 0 radical (unpaired) electrons. The first-order valence-electron chi connectivity index (χ1n) is 16.5. The van der Waals surface area contributed by atoms with Gasteiger partial charge in [-0.25, -0.2) is 9.97 Å². The summed E-state index contributed by atoms with van der Waals surface area (Å²) >= 11 is 0. The Morgan fingerprint density at radius 2 is 1.04 bits per heavy atom. The lowest BCUT2D eigenvalue weighted by atomic mass is 10.00. The summed E-state index contributed by atoms with van der Waals surface area (Å²) in [5.41, 5.74) is 12.8. The molecule has 0 fully saturated rings. The molecule has 3 nitrogen and oxygen atoms in total. The van der Waals surface area contributed by atoms with Crippen LogP contribution in [0.4, 0.5) is 0 Å². The lowest BCUT2D eigenvalue weighted by molar-refractivity contribution is 0.670. The van der Waals surface area contributed by atoms with Gasteiger partial charge in [-0.1, -0.05) is 140 Å². The van der Waals surface area contributed by atoms with E-state index >= 15 is 0 Å². The van der Waals surface area contributed by atoms with Crippen LogP contribution in [0.25, 0.3) is 88.5 Å². The summed E-state index contributed by atoms with van der Waals surface area (Å²) in [5.74, 6) is 0. The number of hydrogen-bond donors (Lipinski definition) is 0. The molecule has 0 saturated carbocycles. The van der Waals surface area contributed by atoms with Crippen LogP contribution in [-0.2, 0) is 0 Å². The maximum Gasteiger partial charge on any atom is 0.143 e. The lowest BCUT2D eigenvalue weighted by Crippen LogP contribution is -2.49. The molecule has 0 bridgehead atoms. The first kappa shape index (κ1) is 27.3. The van der Waals surface area contributed by atoms with Crippen molar-refractivity contribution in [3.05, 3.63) is 146 Å². The second-order valence-electron chi connectivity index (χ2n) is 13.4. The molecule has 3 aromatic heterocycles. The van der Waals surface area contributed by atoms with Crippen LogP contribution in [0.1, 0.15) is 0 Å². The van der Waals surface area contributed by atoms with Gasteiger partial charge in [0.25, 0.3) is 0 Å². The fraction of sp³-hybridized carbons (Fsp3) is 0.0455. The minimum atomic E-state index is -1.78. The minimum absolute atomic E-state index is 0.911. The number of rotatable bonds is 3. The first-order chi connectivity index (χ1) is 23.5. The van der Waals surface area contributed by atoms with E-state index in [1.54, 1.807) is 0 Å². The molecule has 1 aliphatic rings. The fourth-order valence-corrected chi connectivity index (χ4v) is 10.9. The van der Waals surface area contributed by atoms with Gasteiger partial charge in [-0.3, -0.25) is 0 Å². The number of benzene rings is 6. The van der Waals surface area contributed by atoms with Crippen LogP contribution in [-0.4, -0.2) is 18.0 Å². The third kappa shape index (κ3) is 3.99. The van der Waals surface area contributed by atoms with Gasteiger partial charge < -0.3 is 4.42 Å². The first-order valence-corrected chi connectivity index (χ1v) is 19.5. The molecule has 0 spiro atoms. The maximum atomic E-state index is 6.31. The normalized spacial score (nSPS) is 13.4. The van der Waals surface area contributed by atoms with E-state index in [2.05, 4.69) is 147 Å². The topological polar surface area (TPSA) is 38.9 Å². The van der Waals surface area contributed by atoms with Crippen molar-refractivity contribution in [3.63, 3.8) is 0 Å². The van der Waals surface area contributed by atoms with E-state index in [1.165, 1.54) is 21.5 Å². The zero-order chi connectivity index (χ0) is 32.0. The summed E-state index contributed by atoms with van der Waals surface area (Å²) < 4.78 is 6.31. The van der Waals surface area contributed by atoms with E-state index in [9.17, 15) is 0 Å². The fourth-order valence-electron chi connectivity index (χ4n) is 7.75. The highest BCUT2D eigenvalue weighted by atomic mass is 28.3. The second-order valence-corrected chi connectivity index (χ2v) is 17.7. The molecule has 4 heteroatoms. The van der Waals surface area contributed by atoms with E-state index in [-0.39, 0.29) is 0 Å². The zero-order valence-electron chi connectivity index (χ0n) is 26.7. The molecular weight excluding hydrogens is 601 g/mol. The summed E-state index contributed by atoms with van der Waals surface area (Å²) in [6.45, 7) is 4.92. The quantitative estimate of drug-likeness (QED) is 0.144. The van der Waals surface area contributed by atoms with E-state index < -0.39 is 8.07 Å². The predicted octanol–water partition coefficient (Wildman–Crippen LogP) is 10.5. The Bertz CT molecular complexity index is 2760. The number of hydrogen-bond acceptors (Lipinski definition) is 3. The maximum absolute atomic E-state index is 6.31. The van der Waals surface area contributed by atoms with Crippen LogP contribution < -0.4 is 10.4 Å². The molecule has 48 heavy (non-hydrogen) atoms. The van der Waals surface area contributed by atoms with E-state index in [0.29, 0.717) is 0 Å². The van der Waals surface area contributed by atoms with Crippen molar-refractivity contribution in [3.8, 4) is 44.8 Å². The van der Waals surface area contributed by atoms with Crippen molar-refractivity contribution in [2.24, 2.45) is 0 Å². The van der Waals surface area contributed by atoms with Crippen molar-refractivity contribution in [2.75, 3.05) is 0 Å². The van der Waals surface area contributed by atoms with Gasteiger partial charge >= 0.3 is 0 Å². The highest BCUT2D eigenvalue weighted by Gasteiger charge is 2.37.